The summed E-state index contributed by atoms with van der Waals surface area (Å²) < 4.78 is 59.7. The molecule has 2 heterocycles. The number of alkyl halides is 2. The summed E-state index contributed by atoms with van der Waals surface area (Å²) in [6.07, 6.45) is 2.27. The van der Waals surface area contributed by atoms with Crippen LogP contribution in [0.15, 0.2) is 70.7 Å². The molecule has 0 fully saturated rings. The first-order chi connectivity index (χ1) is 15.7. The molecule has 170 valence electrons. The number of methoxy groups -OCH3 is 1. The zero-order chi connectivity index (χ0) is 23.8. The van der Waals surface area contributed by atoms with Gasteiger partial charge in [-0.05, 0) is 48.0 Å². The van der Waals surface area contributed by atoms with Gasteiger partial charge in [0, 0.05) is 23.4 Å². The highest BCUT2D eigenvalue weighted by Crippen LogP contribution is 2.25. The Morgan fingerprint density at radius 2 is 1.64 bits per heavy atom. The summed E-state index contributed by atoms with van der Waals surface area (Å²) in [5.41, 5.74) is 0.721. The van der Waals surface area contributed by atoms with E-state index in [1.54, 1.807) is 30.3 Å². The van der Waals surface area contributed by atoms with Crippen LogP contribution in [0.4, 0.5) is 8.78 Å². The Balaban J connectivity index is 1.99. The summed E-state index contributed by atoms with van der Waals surface area (Å²) in [5.74, 6) is 0.513. The first-order valence-corrected chi connectivity index (χ1v) is 11.4. The van der Waals surface area contributed by atoms with Gasteiger partial charge >= 0.3 is 6.61 Å². The number of aromatic nitrogens is 3. The monoisotopic (exact) mass is 473 g/mol. The van der Waals surface area contributed by atoms with E-state index in [-0.39, 0.29) is 17.1 Å². The van der Waals surface area contributed by atoms with Crippen LogP contribution in [0.2, 0.25) is 0 Å². The lowest BCUT2D eigenvalue weighted by atomic mass is 10.1. The molecule has 0 aliphatic carbocycles. The number of pyridine rings is 1. The number of hydrogen-bond acceptors (Lipinski definition) is 7. The molecule has 33 heavy (non-hydrogen) atoms. The fourth-order valence-corrected chi connectivity index (χ4v) is 3.75. The minimum Gasteiger partial charge on any atom is -0.497 e. The second-order valence-corrected chi connectivity index (χ2v) is 8.91. The summed E-state index contributed by atoms with van der Waals surface area (Å²) >= 11 is 0. The first kappa shape index (κ1) is 22.3. The van der Waals surface area contributed by atoms with Crippen molar-refractivity contribution in [1.82, 2.24) is 14.5 Å². The van der Waals surface area contributed by atoms with Gasteiger partial charge in [0.1, 0.15) is 11.5 Å². The van der Waals surface area contributed by atoms with E-state index in [4.69, 9.17) is 4.74 Å². The zero-order valence-corrected chi connectivity index (χ0v) is 18.2. The Morgan fingerprint density at radius 3 is 2.21 bits per heavy atom. The number of sulfone groups is 1. The molecule has 0 saturated heterocycles. The molecule has 0 amide bonds. The first-order valence-electron chi connectivity index (χ1n) is 9.50. The van der Waals surface area contributed by atoms with Crippen molar-refractivity contribution < 1.29 is 26.7 Å². The smallest absolute Gasteiger partial charge is 0.387 e. The number of hydrogen-bond donors (Lipinski definition) is 0. The van der Waals surface area contributed by atoms with Crippen molar-refractivity contribution in [2.24, 2.45) is 0 Å². The quantitative estimate of drug-likeness (QED) is 0.395. The SMILES string of the molecule is COc1ccc(-c2cc3cnc(S(C)(=O)=O)nc3n(-c3ccc(OC(F)F)cc3)c2=O)cc1. The molecule has 2 aromatic heterocycles. The summed E-state index contributed by atoms with van der Waals surface area (Å²) in [6, 6.07) is 13.7. The van der Waals surface area contributed by atoms with Crippen molar-refractivity contribution in [3.8, 4) is 28.3 Å². The van der Waals surface area contributed by atoms with Gasteiger partial charge in [-0.2, -0.15) is 13.8 Å². The Kier molecular flexibility index (Phi) is 5.81. The van der Waals surface area contributed by atoms with Crippen LogP contribution in [0.5, 0.6) is 11.5 Å². The Bertz CT molecular complexity index is 1490. The Labute approximate surface area is 187 Å². The van der Waals surface area contributed by atoms with Crippen LogP contribution in [-0.2, 0) is 9.84 Å². The molecule has 4 aromatic rings. The molecule has 0 N–H and O–H groups in total. The number of rotatable bonds is 6. The number of fused-ring (bicyclic) bond motifs is 1. The van der Waals surface area contributed by atoms with Gasteiger partial charge in [0.15, 0.2) is 5.65 Å². The topological polar surface area (TPSA) is 100 Å². The van der Waals surface area contributed by atoms with E-state index in [2.05, 4.69) is 14.7 Å². The summed E-state index contributed by atoms with van der Waals surface area (Å²) in [6.45, 7) is -3.00. The molecule has 11 heteroatoms. The Hall–Kier alpha value is -3.86. The molecule has 0 aliphatic heterocycles. The summed E-state index contributed by atoms with van der Waals surface area (Å²) in [7, 11) is -2.23. The highest BCUT2D eigenvalue weighted by molar-refractivity contribution is 7.90. The lowest BCUT2D eigenvalue weighted by Crippen LogP contribution is -2.22. The third-order valence-corrected chi connectivity index (χ3v) is 5.63. The lowest BCUT2D eigenvalue weighted by Gasteiger charge is -2.14. The van der Waals surface area contributed by atoms with E-state index in [1.165, 1.54) is 42.1 Å². The van der Waals surface area contributed by atoms with Gasteiger partial charge in [-0.25, -0.2) is 13.4 Å². The predicted octanol–water partition coefficient (Wildman–Crippen LogP) is 3.46. The van der Waals surface area contributed by atoms with E-state index in [0.717, 1.165) is 6.26 Å². The molecular formula is C22H17F2N3O5S. The summed E-state index contributed by atoms with van der Waals surface area (Å²) in [5, 5.41) is -0.0428. The second kappa shape index (κ2) is 8.58. The van der Waals surface area contributed by atoms with Crippen molar-refractivity contribution >= 4 is 20.9 Å². The zero-order valence-electron chi connectivity index (χ0n) is 17.4. The van der Waals surface area contributed by atoms with E-state index < -0.39 is 27.2 Å². The van der Waals surface area contributed by atoms with E-state index in [9.17, 15) is 22.0 Å². The van der Waals surface area contributed by atoms with Crippen LogP contribution in [0, 0.1) is 0 Å². The van der Waals surface area contributed by atoms with Gasteiger partial charge in [-0.15, -0.1) is 0 Å². The van der Waals surface area contributed by atoms with Gasteiger partial charge in [0.25, 0.3) is 5.56 Å². The standard InChI is InChI=1S/C22H17F2N3O5S/c1-31-16-7-3-13(4-8-16)18-11-14-12-25-22(33(2,29)30)26-19(14)27(20(18)28)15-5-9-17(10-6-15)32-21(23)24/h3-12,21H,1-2H3. The molecule has 0 atom stereocenters. The fourth-order valence-electron chi connectivity index (χ4n) is 3.25. The van der Waals surface area contributed by atoms with E-state index in [0.29, 0.717) is 22.3 Å². The van der Waals surface area contributed by atoms with Crippen LogP contribution in [0.25, 0.3) is 27.8 Å². The van der Waals surface area contributed by atoms with Crippen LogP contribution >= 0.6 is 0 Å². The average Bonchev–Trinajstić information content (AvgIpc) is 2.78. The van der Waals surface area contributed by atoms with Crippen LogP contribution in [0.3, 0.4) is 0 Å². The molecule has 0 radical (unpaired) electrons. The highest BCUT2D eigenvalue weighted by Gasteiger charge is 2.18. The molecule has 0 bridgehead atoms. The van der Waals surface area contributed by atoms with Crippen LogP contribution in [-0.4, -0.2) is 42.9 Å². The average molecular weight is 473 g/mol. The van der Waals surface area contributed by atoms with Crippen molar-refractivity contribution in [2.45, 2.75) is 11.8 Å². The molecule has 2 aromatic carbocycles. The molecule has 4 rings (SSSR count). The van der Waals surface area contributed by atoms with E-state index >= 15 is 0 Å². The number of nitrogens with zero attached hydrogens (tertiary/aromatic N) is 3. The largest absolute Gasteiger partial charge is 0.497 e. The normalized spacial score (nSPS) is 11.7. The fraction of sp³-hybridized carbons (Fsp3) is 0.136. The highest BCUT2D eigenvalue weighted by atomic mass is 32.2. The van der Waals surface area contributed by atoms with Gasteiger partial charge < -0.3 is 9.47 Å². The Morgan fingerprint density at radius 1 is 1.00 bits per heavy atom. The minimum atomic E-state index is -3.75. The van der Waals surface area contributed by atoms with Gasteiger partial charge in [-0.3, -0.25) is 9.36 Å². The molecule has 0 aliphatic rings. The van der Waals surface area contributed by atoms with Crippen LogP contribution in [0.1, 0.15) is 0 Å². The molecule has 8 nitrogen and oxygen atoms in total. The maximum absolute atomic E-state index is 13.5. The number of halogens is 2. The summed E-state index contributed by atoms with van der Waals surface area (Å²) in [4.78, 5) is 21.6. The predicted molar refractivity (Wildman–Crippen MR) is 117 cm³/mol. The van der Waals surface area contributed by atoms with Crippen LogP contribution < -0.4 is 15.0 Å². The van der Waals surface area contributed by atoms with Gasteiger partial charge in [0.05, 0.1) is 12.8 Å². The van der Waals surface area contributed by atoms with Crippen molar-refractivity contribution in [1.29, 1.82) is 0 Å². The number of ether oxygens (including phenoxy) is 2. The van der Waals surface area contributed by atoms with Crippen molar-refractivity contribution in [2.75, 3.05) is 13.4 Å². The molecule has 0 spiro atoms. The molecule has 0 unspecified atom stereocenters. The minimum absolute atomic E-state index is 0.0511. The lowest BCUT2D eigenvalue weighted by molar-refractivity contribution is -0.0498. The van der Waals surface area contributed by atoms with E-state index in [1.807, 2.05) is 0 Å². The van der Waals surface area contributed by atoms with Gasteiger partial charge in [-0.1, -0.05) is 12.1 Å². The third kappa shape index (κ3) is 4.53. The molecule has 0 saturated carbocycles. The second-order valence-electron chi connectivity index (χ2n) is 7.00. The maximum Gasteiger partial charge on any atom is 0.387 e. The van der Waals surface area contributed by atoms with Gasteiger partial charge in [0.2, 0.25) is 15.0 Å². The maximum atomic E-state index is 13.5. The van der Waals surface area contributed by atoms with Crippen molar-refractivity contribution in [3.05, 3.63) is 71.1 Å². The number of benzene rings is 2. The third-order valence-electron chi connectivity index (χ3n) is 4.77. The van der Waals surface area contributed by atoms with Crippen molar-refractivity contribution in [3.63, 3.8) is 0 Å². The molecular weight excluding hydrogens is 456 g/mol.